The lowest BCUT2D eigenvalue weighted by molar-refractivity contribution is 0.315. The first-order valence-corrected chi connectivity index (χ1v) is 7.06. The number of rotatable bonds is 10. The van der Waals surface area contributed by atoms with Gasteiger partial charge in [-0.2, -0.15) is 0 Å². The minimum atomic E-state index is 0.699. The Hall–Kier alpha value is -0.0800. The number of hydrogen-bond acceptors (Lipinski definition) is 2. The zero-order chi connectivity index (χ0) is 12.4. The average Bonchev–Trinajstić information content (AvgIpc) is 2.29. The van der Waals surface area contributed by atoms with E-state index in [-0.39, 0.29) is 0 Å². The van der Waals surface area contributed by atoms with E-state index >= 15 is 0 Å². The van der Waals surface area contributed by atoms with Crippen molar-refractivity contribution in [3.8, 4) is 0 Å². The third kappa shape index (κ3) is 7.24. The molecule has 0 aromatic rings. The van der Waals surface area contributed by atoms with Crippen LogP contribution < -0.4 is 11.1 Å². The Balaban J connectivity index is 3.70. The topological polar surface area (TPSA) is 38.0 Å². The van der Waals surface area contributed by atoms with Crippen molar-refractivity contribution in [2.45, 2.75) is 53.4 Å². The fourth-order valence-electron chi connectivity index (χ4n) is 1.97. The molecule has 3 N–H and O–H groups in total. The zero-order valence-electron chi connectivity index (χ0n) is 11.8. The number of hydrogen-bond donors (Lipinski definition) is 2. The molecule has 0 rings (SSSR count). The largest absolute Gasteiger partial charge is 0.330 e. The van der Waals surface area contributed by atoms with Crippen molar-refractivity contribution in [1.82, 2.24) is 5.32 Å². The molecule has 0 fully saturated rings. The molecular formula is C14H32N2. The molecule has 0 aromatic heterocycles. The highest BCUT2D eigenvalue weighted by Gasteiger charge is 2.14. The van der Waals surface area contributed by atoms with Crippen molar-refractivity contribution >= 4 is 0 Å². The highest BCUT2D eigenvalue weighted by atomic mass is 14.9. The Kier molecular flexibility index (Phi) is 10.0. The quantitative estimate of drug-likeness (QED) is 0.603. The smallest absolute Gasteiger partial charge is 0.00199 e. The molecule has 0 amide bonds. The van der Waals surface area contributed by atoms with Gasteiger partial charge in [-0.25, -0.2) is 0 Å². The van der Waals surface area contributed by atoms with Crippen LogP contribution in [0.5, 0.6) is 0 Å². The van der Waals surface area contributed by atoms with Gasteiger partial charge in [0.15, 0.2) is 0 Å². The zero-order valence-corrected chi connectivity index (χ0v) is 11.8. The van der Waals surface area contributed by atoms with Gasteiger partial charge in [0, 0.05) is 0 Å². The Morgan fingerprint density at radius 3 is 2.31 bits per heavy atom. The maximum Gasteiger partial charge on any atom is -0.00199 e. The predicted molar refractivity (Wildman–Crippen MR) is 73.6 cm³/mol. The molecule has 98 valence electrons. The van der Waals surface area contributed by atoms with E-state index in [0.717, 1.165) is 25.6 Å². The lowest BCUT2D eigenvalue weighted by Crippen LogP contribution is -2.32. The summed E-state index contributed by atoms with van der Waals surface area (Å²) in [5, 5.41) is 3.57. The van der Waals surface area contributed by atoms with Crippen LogP contribution in [0.25, 0.3) is 0 Å². The fourth-order valence-corrected chi connectivity index (χ4v) is 1.97. The molecule has 2 heteroatoms. The summed E-state index contributed by atoms with van der Waals surface area (Å²) >= 11 is 0. The second-order valence-electron chi connectivity index (χ2n) is 5.29. The van der Waals surface area contributed by atoms with Gasteiger partial charge in [-0.15, -0.1) is 0 Å². The van der Waals surface area contributed by atoms with E-state index in [1.807, 2.05) is 0 Å². The second-order valence-corrected chi connectivity index (χ2v) is 5.29. The molecule has 0 aliphatic rings. The van der Waals surface area contributed by atoms with Gasteiger partial charge in [0.05, 0.1) is 0 Å². The molecular weight excluding hydrogens is 196 g/mol. The van der Waals surface area contributed by atoms with Crippen molar-refractivity contribution in [2.75, 3.05) is 19.6 Å². The van der Waals surface area contributed by atoms with E-state index in [1.165, 1.54) is 25.7 Å². The molecule has 2 unspecified atom stereocenters. The summed E-state index contributed by atoms with van der Waals surface area (Å²) < 4.78 is 0. The van der Waals surface area contributed by atoms with Gasteiger partial charge in [0.25, 0.3) is 0 Å². The Morgan fingerprint density at radius 1 is 1.12 bits per heavy atom. The molecule has 0 spiro atoms. The first-order valence-electron chi connectivity index (χ1n) is 7.06. The van der Waals surface area contributed by atoms with Crippen molar-refractivity contribution in [1.29, 1.82) is 0 Å². The molecule has 0 saturated carbocycles. The predicted octanol–water partition coefficient (Wildman–Crippen LogP) is 3.02. The first-order chi connectivity index (χ1) is 7.65. The van der Waals surface area contributed by atoms with Crippen LogP contribution in [0.15, 0.2) is 0 Å². The maximum absolute atomic E-state index is 5.84. The minimum Gasteiger partial charge on any atom is -0.330 e. The van der Waals surface area contributed by atoms with Crippen molar-refractivity contribution in [2.24, 2.45) is 23.5 Å². The van der Waals surface area contributed by atoms with Gasteiger partial charge in [-0.3, -0.25) is 0 Å². The summed E-state index contributed by atoms with van der Waals surface area (Å²) in [5.41, 5.74) is 5.84. The Morgan fingerprint density at radius 2 is 1.81 bits per heavy atom. The molecule has 0 radical (unpaired) electrons. The summed E-state index contributed by atoms with van der Waals surface area (Å²) in [6.07, 6.45) is 5.15. The Bertz CT molecular complexity index is 148. The van der Waals surface area contributed by atoms with Crippen molar-refractivity contribution in [3.63, 3.8) is 0 Å². The molecule has 0 heterocycles. The van der Waals surface area contributed by atoms with Crippen LogP contribution in [0.4, 0.5) is 0 Å². The summed E-state index contributed by atoms with van der Waals surface area (Å²) in [7, 11) is 0. The van der Waals surface area contributed by atoms with Gasteiger partial charge in [0.1, 0.15) is 0 Å². The first kappa shape index (κ1) is 15.9. The second kappa shape index (κ2) is 10.1. The summed E-state index contributed by atoms with van der Waals surface area (Å²) in [4.78, 5) is 0. The van der Waals surface area contributed by atoms with Crippen molar-refractivity contribution in [3.05, 3.63) is 0 Å². The average molecular weight is 228 g/mol. The van der Waals surface area contributed by atoms with E-state index in [4.69, 9.17) is 5.73 Å². The molecule has 0 aromatic carbocycles. The van der Waals surface area contributed by atoms with Gasteiger partial charge in [0.2, 0.25) is 0 Å². The van der Waals surface area contributed by atoms with E-state index < -0.39 is 0 Å². The van der Waals surface area contributed by atoms with Crippen molar-refractivity contribution < 1.29 is 0 Å². The highest BCUT2D eigenvalue weighted by Crippen LogP contribution is 2.16. The number of nitrogens with one attached hydrogen (secondary N) is 1. The van der Waals surface area contributed by atoms with E-state index in [0.29, 0.717) is 11.8 Å². The number of nitrogens with two attached hydrogens (primary N) is 1. The van der Waals surface area contributed by atoms with Gasteiger partial charge in [-0.05, 0) is 43.8 Å². The highest BCUT2D eigenvalue weighted by molar-refractivity contribution is 4.70. The third-order valence-electron chi connectivity index (χ3n) is 3.69. The molecule has 2 nitrogen and oxygen atoms in total. The van der Waals surface area contributed by atoms with Crippen LogP contribution >= 0.6 is 0 Å². The monoisotopic (exact) mass is 228 g/mol. The van der Waals surface area contributed by atoms with E-state index in [2.05, 4.69) is 33.0 Å². The summed E-state index contributed by atoms with van der Waals surface area (Å²) in [6, 6.07) is 0. The van der Waals surface area contributed by atoms with Crippen LogP contribution in [-0.2, 0) is 0 Å². The fraction of sp³-hybridized carbons (Fsp3) is 1.00. The molecule has 16 heavy (non-hydrogen) atoms. The lowest BCUT2D eigenvalue weighted by atomic mass is 9.89. The van der Waals surface area contributed by atoms with Crippen LogP contribution in [-0.4, -0.2) is 19.6 Å². The Labute approximate surface area is 102 Å². The van der Waals surface area contributed by atoms with Gasteiger partial charge >= 0.3 is 0 Å². The molecule has 0 bridgehead atoms. The maximum atomic E-state index is 5.84. The number of unbranched alkanes of at least 4 members (excludes halogenated alkanes) is 1. The van der Waals surface area contributed by atoms with Crippen LogP contribution in [0.1, 0.15) is 53.4 Å². The lowest BCUT2D eigenvalue weighted by Gasteiger charge is -2.23. The van der Waals surface area contributed by atoms with Crippen LogP contribution in [0.2, 0.25) is 0 Å². The molecule has 3 atom stereocenters. The van der Waals surface area contributed by atoms with Crippen LogP contribution in [0, 0.1) is 17.8 Å². The minimum absolute atomic E-state index is 0.699. The van der Waals surface area contributed by atoms with Gasteiger partial charge < -0.3 is 11.1 Å². The summed E-state index contributed by atoms with van der Waals surface area (Å²) in [5.74, 6) is 2.20. The van der Waals surface area contributed by atoms with E-state index in [9.17, 15) is 0 Å². The third-order valence-corrected chi connectivity index (χ3v) is 3.69. The standard InChI is InChI=1S/C14H32N2/c1-5-7-8-14(9-15)13(4)11-16-10-12(3)6-2/h12-14,16H,5-11,15H2,1-4H3/t12-,13?,14?/m1/s1. The van der Waals surface area contributed by atoms with Crippen LogP contribution in [0.3, 0.4) is 0 Å². The molecule has 0 aliphatic heterocycles. The summed E-state index contributed by atoms with van der Waals surface area (Å²) in [6.45, 7) is 12.2. The molecule has 0 aliphatic carbocycles. The molecule has 0 saturated heterocycles. The van der Waals surface area contributed by atoms with Gasteiger partial charge in [-0.1, -0.05) is 47.0 Å². The SMILES string of the molecule is CCCCC(CN)C(C)CNC[C@H](C)CC. The normalized spacial score (nSPS) is 17.1. The van der Waals surface area contributed by atoms with E-state index in [1.54, 1.807) is 0 Å².